The predicted octanol–water partition coefficient (Wildman–Crippen LogP) is 0.894. The van der Waals surface area contributed by atoms with Gasteiger partial charge in [-0.15, -0.1) is 0 Å². The lowest BCUT2D eigenvalue weighted by Gasteiger charge is -2.21. The van der Waals surface area contributed by atoms with Gasteiger partial charge in [0.2, 0.25) is 20.0 Å². The fourth-order valence-corrected chi connectivity index (χ4v) is 5.69. The Balaban J connectivity index is 2.86. The number of aryl methyl sites for hydroxylation is 1. The van der Waals surface area contributed by atoms with E-state index in [1.54, 1.807) is 7.05 Å². The summed E-state index contributed by atoms with van der Waals surface area (Å²) in [6.07, 6.45) is 1.47. The molecule has 0 bridgehead atoms. The van der Waals surface area contributed by atoms with Crippen LogP contribution in [-0.2, 0) is 34.1 Å². The van der Waals surface area contributed by atoms with E-state index in [1.807, 2.05) is 0 Å². The van der Waals surface area contributed by atoms with E-state index < -0.39 is 25.6 Å². The Bertz CT molecular complexity index is 1180. The van der Waals surface area contributed by atoms with Gasteiger partial charge in [-0.1, -0.05) is 17.7 Å². The molecule has 0 aliphatic rings. The highest BCUT2D eigenvalue weighted by atomic mass is 35.5. The zero-order valence-corrected chi connectivity index (χ0v) is 17.4. The van der Waals surface area contributed by atoms with Gasteiger partial charge in [-0.3, -0.25) is 9.36 Å². The molecule has 9 nitrogen and oxygen atoms in total. The van der Waals surface area contributed by atoms with Gasteiger partial charge in [-0.25, -0.2) is 21.5 Å². The molecular weight excluding hydrogens is 424 g/mol. The highest BCUT2D eigenvalue weighted by Gasteiger charge is 2.29. The van der Waals surface area contributed by atoms with Crippen LogP contribution in [0.2, 0.25) is 5.02 Å². The minimum atomic E-state index is -4.19. The van der Waals surface area contributed by atoms with Crippen LogP contribution in [0.1, 0.15) is 0 Å². The Hall–Kier alpha value is -1.76. The maximum absolute atomic E-state index is 12.4. The molecule has 0 saturated carbocycles. The van der Waals surface area contributed by atoms with Crippen LogP contribution in [0.3, 0.4) is 0 Å². The quantitative estimate of drug-likeness (QED) is 0.651. The van der Waals surface area contributed by atoms with Gasteiger partial charge >= 0.3 is 0 Å². The van der Waals surface area contributed by atoms with Gasteiger partial charge in [0.25, 0.3) is 5.56 Å². The first-order chi connectivity index (χ1) is 11.7. The molecule has 26 heavy (non-hydrogen) atoms. The van der Waals surface area contributed by atoms with Gasteiger partial charge in [0.1, 0.15) is 0 Å². The van der Waals surface area contributed by atoms with E-state index in [0.29, 0.717) is 0 Å². The second-order valence-electron chi connectivity index (χ2n) is 5.51. The van der Waals surface area contributed by atoms with Crippen molar-refractivity contribution in [2.75, 3.05) is 16.2 Å². The van der Waals surface area contributed by atoms with Gasteiger partial charge in [0.05, 0.1) is 23.2 Å². The minimum Gasteiger partial charge on any atom is -0.285 e. The number of sulfonamides is 2. The van der Waals surface area contributed by atoms with E-state index in [0.717, 1.165) is 12.5 Å². The summed E-state index contributed by atoms with van der Waals surface area (Å²) in [7, 11) is -5.38. The van der Waals surface area contributed by atoms with Crippen molar-refractivity contribution in [2.24, 2.45) is 14.1 Å². The van der Waals surface area contributed by atoms with E-state index in [-0.39, 0.29) is 30.4 Å². The molecule has 13 heteroatoms. The number of benzene rings is 1. The van der Waals surface area contributed by atoms with Gasteiger partial charge in [-0.05, 0) is 24.4 Å². The third-order valence-electron chi connectivity index (χ3n) is 3.34. The zero-order chi connectivity index (χ0) is 20.0. The lowest BCUT2D eigenvalue weighted by Crippen LogP contribution is -2.35. The molecule has 0 radical (unpaired) electrons. The number of rotatable bonds is 4. The first-order valence-electron chi connectivity index (χ1n) is 6.90. The summed E-state index contributed by atoms with van der Waals surface area (Å²) in [6, 6.07) is 3.90. The number of hydrogen-bond acceptors (Lipinski definition) is 7. The van der Waals surface area contributed by atoms with Gasteiger partial charge in [0, 0.05) is 19.7 Å². The number of nitrogens with zero attached hydrogens (tertiary/aromatic N) is 4. The Morgan fingerprint density at radius 1 is 1.12 bits per heavy atom. The predicted molar refractivity (Wildman–Crippen MR) is 102 cm³/mol. The third-order valence-corrected chi connectivity index (χ3v) is 7.42. The Morgan fingerprint density at radius 3 is 2.15 bits per heavy atom. The summed E-state index contributed by atoms with van der Waals surface area (Å²) in [5.74, 6) is 0. The van der Waals surface area contributed by atoms with Crippen molar-refractivity contribution >= 4 is 49.6 Å². The van der Waals surface area contributed by atoms with Crippen LogP contribution in [0.25, 0.3) is 11.3 Å². The molecule has 142 valence electrons. The van der Waals surface area contributed by atoms with Crippen LogP contribution in [-0.4, -0.2) is 43.7 Å². The molecule has 0 N–H and O–H groups in total. The Kier molecular flexibility index (Phi) is 5.34. The van der Waals surface area contributed by atoms with Crippen LogP contribution in [0.15, 0.2) is 23.0 Å². The molecule has 0 unspecified atom stereocenters. The molecule has 0 atom stereocenters. The summed E-state index contributed by atoms with van der Waals surface area (Å²) in [5, 5.41) is 3.96. The Labute approximate surface area is 160 Å². The molecule has 2 aromatic rings. The summed E-state index contributed by atoms with van der Waals surface area (Å²) in [5.41, 5.74) is -0.675. The van der Waals surface area contributed by atoms with Crippen molar-refractivity contribution in [1.82, 2.24) is 14.3 Å². The lowest BCUT2D eigenvalue weighted by atomic mass is 10.1. The number of hydrogen-bond donors (Lipinski definition) is 0. The monoisotopic (exact) mass is 438 g/mol. The maximum Gasteiger partial charge on any atom is 0.280 e. The summed E-state index contributed by atoms with van der Waals surface area (Å²) < 4.78 is 50.8. The average molecular weight is 439 g/mol. The molecular formula is C13H15ClN4O5S3. The van der Waals surface area contributed by atoms with Crippen molar-refractivity contribution in [1.29, 1.82) is 0 Å². The summed E-state index contributed by atoms with van der Waals surface area (Å²) in [6.45, 7) is 0. The first-order valence-corrected chi connectivity index (χ1v) is 11.4. The van der Waals surface area contributed by atoms with Crippen molar-refractivity contribution in [3.8, 4) is 11.3 Å². The van der Waals surface area contributed by atoms with E-state index >= 15 is 0 Å². The summed E-state index contributed by atoms with van der Waals surface area (Å²) in [4.78, 5) is 12.4. The van der Waals surface area contributed by atoms with E-state index in [4.69, 9.17) is 23.8 Å². The minimum absolute atomic E-state index is 0.0385. The second-order valence-corrected chi connectivity index (χ2v) is 10.2. The standard InChI is InChI=1S/C13H15ClN4O5S3/c1-16-12(19)11(15-17(2)13(16)24)8-5-6-9(14)10(7-8)18(25(3,20)21)26(4,22)23/h5-7H,1-4H3. The molecule has 0 spiro atoms. The topological polar surface area (TPSA) is 111 Å². The van der Waals surface area contributed by atoms with Gasteiger partial charge in [-0.2, -0.15) is 8.81 Å². The normalized spacial score (nSPS) is 12.2. The first kappa shape index (κ1) is 20.6. The van der Waals surface area contributed by atoms with Crippen molar-refractivity contribution in [3.05, 3.63) is 38.3 Å². The maximum atomic E-state index is 12.4. The smallest absolute Gasteiger partial charge is 0.280 e. The molecule has 0 aliphatic heterocycles. The summed E-state index contributed by atoms with van der Waals surface area (Å²) >= 11 is 11.1. The van der Waals surface area contributed by atoms with Crippen LogP contribution >= 0.6 is 23.8 Å². The van der Waals surface area contributed by atoms with Crippen LogP contribution in [0, 0.1) is 4.77 Å². The third kappa shape index (κ3) is 3.82. The number of anilines is 1. The van der Waals surface area contributed by atoms with Crippen LogP contribution < -0.4 is 9.27 Å². The molecule has 0 aliphatic carbocycles. The molecule has 0 amide bonds. The molecule has 1 aromatic carbocycles. The van der Waals surface area contributed by atoms with Gasteiger partial charge in [0.15, 0.2) is 10.5 Å². The number of halogens is 1. The average Bonchev–Trinajstić information content (AvgIpc) is 2.48. The molecule has 2 rings (SSSR count). The largest absolute Gasteiger partial charge is 0.285 e. The Morgan fingerprint density at radius 2 is 1.65 bits per heavy atom. The van der Waals surface area contributed by atoms with E-state index in [9.17, 15) is 21.6 Å². The highest BCUT2D eigenvalue weighted by molar-refractivity contribution is 8.09. The number of aromatic nitrogens is 3. The fraction of sp³-hybridized carbons (Fsp3) is 0.308. The molecule has 1 heterocycles. The van der Waals surface area contributed by atoms with Crippen molar-refractivity contribution in [3.63, 3.8) is 0 Å². The zero-order valence-electron chi connectivity index (χ0n) is 14.2. The van der Waals surface area contributed by atoms with Crippen LogP contribution in [0.4, 0.5) is 5.69 Å². The molecule has 0 fully saturated rings. The van der Waals surface area contributed by atoms with E-state index in [2.05, 4.69) is 5.10 Å². The van der Waals surface area contributed by atoms with E-state index in [1.165, 1.54) is 34.5 Å². The fourth-order valence-electron chi connectivity index (χ4n) is 2.28. The SMILES string of the molecule is Cn1nc(-c2ccc(Cl)c(N(S(C)(=O)=O)S(C)(=O)=O)c2)c(=O)n(C)c1=S. The molecule has 1 aromatic heterocycles. The lowest BCUT2D eigenvalue weighted by molar-refractivity contribution is 0.590. The van der Waals surface area contributed by atoms with Crippen molar-refractivity contribution < 1.29 is 16.8 Å². The van der Waals surface area contributed by atoms with Crippen LogP contribution in [0.5, 0.6) is 0 Å². The molecule has 0 saturated heterocycles. The van der Waals surface area contributed by atoms with Crippen molar-refractivity contribution in [2.45, 2.75) is 0 Å². The van der Waals surface area contributed by atoms with Gasteiger partial charge < -0.3 is 0 Å². The second kappa shape index (κ2) is 6.76. The highest BCUT2D eigenvalue weighted by Crippen LogP contribution is 2.33.